The molecule has 1 saturated carbocycles. The van der Waals surface area contributed by atoms with E-state index >= 15 is 0 Å². The summed E-state index contributed by atoms with van der Waals surface area (Å²) in [5.41, 5.74) is 4.03. The zero-order valence-electron chi connectivity index (χ0n) is 10.6. The van der Waals surface area contributed by atoms with E-state index in [-0.39, 0.29) is 0 Å². The molecule has 0 amide bonds. The molecule has 1 aliphatic carbocycles. The van der Waals surface area contributed by atoms with Crippen LogP contribution in [-0.4, -0.2) is 16.5 Å². The number of hydrogen-bond acceptors (Lipinski definition) is 3. The van der Waals surface area contributed by atoms with Crippen LogP contribution in [-0.2, 0) is 13.0 Å². The van der Waals surface area contributed by atoms with Crippen LogP contribution < -0.4 is 5.32 Å². The quantitative estimate of drug-likeness (QED) is 0.806. The van der Waals surface area contributed by atoms with Crippen molar-refractivity contribution in [3.63, 3.8) is 0 Å². The first kappa shape index (κ1) is 11.1. The van der Waals surface area contributed by atoms with Crippen LogP contribution in [0.1, 0.15) is 55.5 Å². The van der Waals surface area contributed by atoms with Crippen molar-refractivity contribution in [3.05, 3.63) is 23.3 Å². The van der Waals surface area contributed by atoms with Crippen molar-refractivity contribution < 1.29 is 0 Å². The molecule has 0 bridgehead atoms. The molecule has 1 aromatic heterocycles. The maximum absolute atomic E-state index is 4.59. The highest BCUT2D eigenvalue weighted by molar-refractivity contribution is 5.29. The summed E-state index contributed by atoms with van der Waals surface area (Å²) in [4.78, 5) is 9.03. The second-order valence-electron chi connectivity index (χ2n) is 5.57. The minimum absolute atomic E-state index is 0.683. The molecule has 0 spiro atoms. The lowest BCUT2D eigenvalue weighted by molar-refractivity contribution is 0.341. The molecule has 0 atom stereocenters. The second-order valence-corrected chi connectivity index (χ2v) is 5.57. The first-order valence-electron chi connectivity index (χ1n) is 6.88. The first-order valence-corrected chi connectivity index (χ1v) is 6.88. The predicted molar refractivity (Wildman–Crippen MR) is 67.8 cm³/mol. The minimum Gasteiger partial charge on any atom is -0.312 e. The fourth-order valence-corrected chi connectivity index (χ4v) is 3.18. The maximum atomic E-state index is 4.59. The molecule has 0 radical (unpaired) electrons. The Labute approximate surface area is 103 Å². The molecule has 1 fully saturated rings. The molecule has 2 aliphatic rings. The third-order valence-corrected chi connectivity index (χ3v) is 4.31. The van der Waals surface area contributed by atoms with Gasteiger partial charge in [0.25, 0.3) is 0 Å². The smallest absolute Gasteiger partial charge is 0.115 e. The summed E-state index contributed by atoms with van der Waals surface area (Å²) in [6, 6.07) is 0. The summed E-state index contributed by atoms with van der Waals surface area (Å²) in [7, 11) is 0. The van der Waals surface area contributed by atoms with Gasteiger partial charge in [-0.2, -0.15) is 0 Å². The maximum Gasteiger partial charge on any atom is 0.115 e. The Morgan fingerprint density at radius 3 is 2.82 bits per heavy atom. The summed E-state index contributed by atoms with van der Waals surface area (Å²) < 4.78 is 0. The molecule has 3 rings (SSSR count). The molecule has 2 heterocycles. The van der Waals surface area contributed by atoms with E-state index in [2.05, 4.69) is 22.2 Å². The van der Waals surface area contributed by atoms with Crippen molar-refractivity contribution >= 4 is 0 Å². The molecule has 3 nitrogen and oxygen atoms in total. The average molecular weight is 231 g/mol. The molecule has 1 aromatic rings. The lowest BCUT2D eigenvalue weighted by Gasteiger charge is -2.28. The number of aromatic nitrogens is 2. The third-order valence-electron chi connectivity index (χ3n) is 4.31. The van der Waals surface area contributed by atoms with Crippen LogP contribution in [0, 0.1) is 5.92 Å². The van der Waals surface area contributed by atoms with Crippen molar-refractivity contribution in [1.82, 2.24) is 15.3 Å². The van der Waals surface area contributed by atoms with Gasteiger partial charge in [-0.05, 0) is 18.8 Å². The Kier molecular flexibility index (Phi) is 3.10. The summed E-state index contributed by atoms with van der Waals surface area (Å²) in [6.07, 6.45) is 8.18. The van der Waals surface area contributed by atoms with Crippen molar-refractivity contribution in [3.8, 4) is 0 Å². The van der Waals surface area contributed by atoms with Crippen LogP contribution in [0.5, 0.6) is 0 Å². The standard InChI is InChI=1S/C14H21N3/c1-10-2-4-11(5-3-10)14-12-8-15-7-6-13(12)16-9-17-14/h9-11,15H,2-8H2,1H3. The lowest BCUT2D eigenvalue weighted by atomic mass is 9.79. The fraction of sp³-hybridized carbons (Fsp3) is 0.714. The molecule has 0 aromatic carbocycles. The normalized spacial score (nSPS) is 28.8. The summed E-state index contributed by atoms with van der Waals surface area (Å²) >= 11 is 0. The summed E-state index contributed by atoms with van der Waals surface area (Å²) in [5.74, 6) is 1.59. The Morgan fingerprint density at radius 2 is 2.00 bits per heavy atom. The molecular formula is C14H21N3. The highest BCUT2D eigenvalue weighted by Crippen LogP contribution is 2.36. The van der Waals surface area contributed by atoms with Crippen molar-refractivity contribution in [2.45, 2.75) is 51.5 Å². The van der Waals surface area contributed by atoms with Gasteiger partial charge in [0.15, 0.2) is 0 Å². The lowest BCUT2D eigenvalue weighted by Crippen LogP contribution is -2.27. The van der Waals surface area contributed by atoms with E-state index in [1.165, 1.54) is 42.6 Å². The zero-order chi connectivity index (χ0) is 11.7. The first-order chi connectivity index (χ1) is 8.34. The van der Waals surface area contributed by atoms with Crippen molar-refractivity contribution in [1.29, 1.82) is 0 Å². The SMILES string of the molecule is CC1CCC(c2ncnc3c2CNCC3)CC1. The van der Waals surface area contributed by atoms with E-state index in [9.17, 15) is 0 Å². The number of fused-ring (bicyclic) bond motifs is 1. The van der Waals surface area contributed by atoms with Gasteiger partial charge in [-0.25, -0.2) is 9.97 Å². The molecule has 1 aliphatic heterocycles. The van der Waals surface area contributed by atoms with Crippen LogP contribution in [0.3, 0.4) is 0 Å². The summed E-state index contributed by atoms with van der Waals surface area (Å²) in [5, 5.41) is 3.45. The largest absolute Gasteiger partial charge is 0.312 e. The van der Waals surface area contributed by atoms with Gasteiger partial charge in [-0.15, -0.1) is 0 Å². The van der Waals surface area contributed by atoms with Gasteiger partial charge in [-0.3, -0.25) is 0 Å². The van der Waals surface area contributed by atoms with E-state index in [0.717, 1.165) is 25.4 Å². The van der Waals surface area contributed by atoms with Gasteiger partial charge < -0.3 is 5.32 Å². The number of rotatable bonds is 1. The van der Waals surface area contributed by atoms with Gasteiger partial charge in [0.05, 0.1) is 5.69 Å². The Hall–Kier alpha value is -0.960. The van der Waals surface area contributed by atoms with Crippen LogP contribution >= 0.6 is 0 Å². The van der Waals surface area contributed by atoms with E-state index in [0.29, 0.717) is 5.92 Å². The molecule has 3 heteroatoms. The third kappa shape index (κ3) is 2.21. The monoisotopic (exact) mass is 231 g/mol. The van der Waals surface area contributed by atoms with Gasteiger partial charge in [0, 0.05) is 36.7 Å². The van der Waals surface area contributed by atoms with Crippen LogP contribution in [0.15, 0.2) is 6.33 Å². The average Bonchev–Trinajstić information content (AvgIpc) is 2.39. The number of hydrogen-bond donors (Lipinski definition) is 1. The fourth-order valence-electron chi connectivity index (χ4n) is 3.18. The topological polar surface area (TPSA) is 37.8 Å². The van der Waals surface area contributed by atoms with Crippen LogP contribution in [0.4, 0.5) is 0 Å². The highest BCUT2D eigenvalue weighted by Gasteiger charge is 2.25. The number of nitrogens with one attached hydrogen (secondary N) is 1. The van der Waals surface area contributed by atoms with E-state index in [1.54, 1.807) is 6.33 Å². The molecule has 92 valence electrons. The highest BCUT2D eigenvalue weighted by atomic mass is 14.9. The minimum atomic E-state index is 0.683. The van der Waals surface area contributed by atoms with Gasteiger partial charge in [0.2, 0.25) is 0 Å². The van der Waals surface area contributed by atoms with Crippen molar-refractivity contribution in [2.24, 2.45) is 5.92 Å². The second kappa shape index (κ2) is 4.73. The van der Waals surface area contributed by atoms with Gasteiger partial charge in [0.1, 0.15) is 6.33 Å². The van der Waals surface area contributed by atoms with Crippen LogP contribution in [0.2, 0.25) is 0 Å². The Bertz CT molecular complexity index is 394. The summed E-state index contributed by atoms with van der Waals surface area (Å²) in [6.45, 7) is 4.40. The van der Waals surface area contributed by atoms with Gasteiger partial charge in [-0.1, -0.05) is 19.8 Å². The zero-order valence-corrected chi connectivity index (χ0v) is 10.6. The van der Waals surface area contributed by atoms with E-state index in [4.69, 9.17) is 0 Å². The Balaban J connectivity index is 1.87. The van der Waals surface area contributed by atoms with Gasteiger partial charge >= 0.3 is 0 Å². The molecule has 0 saturated heterocycles. The molecule has 0 unspecified atom stereocenters. The number of nitrogens with zero attached hydrogens (tertiary/aromatic N) is 2. The van der Waals surface area contributed by atoms with E-state index < -0.39 is 0 Å². The van der Waals surface area contributed by atoms with Crippen molar-refractivity contribution in [2.75, 3.05) is 6.54 Å². The van der Waals surface area contributed by atoms with Crippen LogP contribution in [0.25, 0.3) is 0 Å². The molecular weight excluding hydrogens is 210 g/mol. The Morgan fingerprint density at radius 1 is 1.18 bits per heavy atom. The van der Waals surface area contributed by atoms with E-state index in [1.807, 2.05) is 0 Å². The predicted octanol–water partition coefficient (Wildman–Crippen LogP) is 2.42. The molecule has 17 heavy (non-hydrogen) atoms. The molecule has 1 N–H and O–H groups in total.